The summed E-state index contributed by atoms with van der Waals surface area (Å²) < 4.78 is 19.8. The number of nitrogens with zero attached hydrogens (tertiary/aromatic N) is 14. The second kappa shape index (κ2) is 43.8. The summed E-state index contributed by atoms with van der Waals surface area (Å²) in [4.78, 5) is 79.2. The molecule has 3 atom stereocenters. The van der Waals surface area contributed by atoms with Gasteiger partial charge in [-0.1, -0.05) is 114 Å². The highest BCUT2D eigenvalue weighted by atomic mass is 16.5. The van der Waals surface area contributed by atoms with Crippen molar-refractivity contribution in [1.29, 1.82) is 0 Å². The molecule has 2 aliphatic heterocycles. The maximum Gasteiger partial charge on any atom is 0.244 e. The molecule has 0 radical (unpaired) electrons. The number of anilines is 3. The van der Waals surface area contributed by atoms with Crippen LogP contribution >= 0.6 is 0 Å². The predicted octanol–water partition coefficient (Wildman–Crippen LogP) is 4.21. The van der Waals surface area contributed by atoms with E-state index in [1.165, 1.54) is 4.68 Å². The number of terminal acetylenes is 1. The molecule has 2 fully saturated rings. The Balaban J connectivity index is 0.953. The van der Waals surface area contributed by atoms with Crippen molar-refractivity contribution in [2.24, 2.45) is 22.4 Å². The minimum atomic E-state index is -0.506. The summed E-state index contributed by atoms with van der Waals surface area (Å²) in [5, 5.41) is 35.5. The summed E-state index contributed by atoms with van der Waals surface area (Å²) in [7, 11) is 0. The fourth-order valence-electron chi connectivity index (χ4n) is 10.6. The molecule has 8 N–H and O–H groups in total. The Morgan fingerprint density at radius 1 is 0.640 bits per heavy atom. The van der Waals surface area contributed by atoms with Gasteiger partial charge in [0.25, 0.3) is 0 Å². The van der Waals surface area contributed by atoms with E-state index in [1.807, 2.05) is 16.0 Å². The Kier molecular flexibility index (Phi) is 35.9. The number of hydrogen-bond acceptors (Lipinski definition) is 19. The van der Waals surface area contributed by atoms with E-state index in [4.69, 9.17) is 47.1 Å². The van der Waals surface area contributed by atoms with Crippen LogP contribution in [0.3, 0.4) is 0 Å². The molecule has 2 aliphatic rings. The fraction of sp³-hybridized carbons (Fsp3) is 0.774. The molecule has 0 bridgehead atoms. The maximum absolute atomic E-state index is 13.4. The molecular weight excluding hydrogens is 1140 g/mol. The molecule has 5 heterocycles. The largest absolute Gasteiger partial charge is 0.393 e. The van der Waals surface area contributed by atoms with Crippen molar-refractivity contribution >= 4 is 47.4 Å². The van der Waals surface area contributed by atoms with Crippen molar-refractivity contribution in [2.75, 3.05) is 133 Å². The lowest BCUT2D eigenvalue weighted by Crippen LogP contribution is -2.50. The highest BCUT2D eigenvalue weighted by Crippen LogP contribution is 2.22. The molecule has 0 saturated carbocycles. The van der Waals surface area contributed by atoms with Crippen LogP contribution in [0.1, 0.15) is 173 Å². The van der Waals surface area contributed by atoms with Crippen molar-refractivity contribution in [3.8, 4) is 12.3 Å². The van der Waals surface area contributed by atoms with Crippen molar-refractivity contribution in [2.45, 2.75) is 187 Å². The third-order valence-corrected chi connectivity index (χ3v) is 15.9. The average Bonchev–Trinajstić information content (AvgIpc) is 2.49. The number of rotatable bonds is 48. The molecule has 0 spiro atoms. The summed E-state index contributed by atoms with van der Waals surface area (Å²) in [6.07, 6.45) is 29.4. The quantitative estimate of drug-likeness (QED) is 0.0200. The average molecular weight is 1250 g/mol. The van der Waals surface area contributed by atoms with Gasteiger partial charge in [-0.05, 0) is 57.8 Å². The van der Waals surface area contributed by atoms with Crippen LogP contribution in [0.15, 0.2) is 17.4 Å². The molecule has 0 unspecified atom stereocenters. The molecule has 498 valence electrons. The van der Waals surface area contributed by atoms with Gasteiger partial charge in [-0.2, -0.15) is 15.0 Å². The van der Waals surface area contributed by atoms with Crippen LogP contribution in [0, 0.1) is 18.3 Å². The van der Waals surface area contributed by atoms with E-state index < -0.39 is 12.1 Å². The monoisotopic (exact) mass is 1250 g/mol. The molecule has 3 aromatic heterocycles. The van der Waals surface area contributed by atoms with Crippen LogP contribution in [-0.4, -0.2) is 214 Å². The molecule has 4 amide bonds. The zero-order valence-corrected chi connectivity index (χ0v) is 53.9. The van der Waals surface area contributed by atoms with Crippen molar-refractivity contribution in [1.82, 2.24) is 65.4 Å². The predicted molar refractivity (Wildman–Crippen MR) is 344 cm³/mol. The Hall–Kier alpha value is -6.76. The lowest BCUT2D eigenvalue weighted by molar-refractivity contribution is -0.132. The Morgan fingerprint density at radius 2 is 1.16 bits per heavy atom. The number of guanidine groups is 1. The number of aliphatic imine (C=N–C) groups is 1. The number of ether oxygens (including phenoxy) is 3. The number of aliphatic hydroxyl groups is 1. The van der Waals surface area contributed by atoms with Gasteiger partial charge in [-0.15, -0.1) is 16.6 Å². The van der Waals surface area contributed by atoms with Crippen LogP contribution in [-0.2, 0) is 52.8 Å². The first-order chi connectivity index (χ1) is 43.3. The van der Waals surface area contributed by atoms with Crippen LogP contribution < -0.4 is 37.2 Å². The zero-order valence-electron chi connectivity index (χ0n) is 53.9. The first kappa shape index (κ1) is 73.0. The van der Waals surface area contributed by atoms with Crippen molar-refractivity contribution in [3.63, 3.8) is 0 Å². The number of amides is 4. The van der Waals surface area contributed by atoms with Gasteiger partial charge in [0, 0.05) is 110 Å². The minimum absolute atomic E-state index is 0.0408. The third-order valence-electron chi connectivity index (χ3n) is 15.9. The minimum Gasteiger partial charge on any atom is -0.393 e. The first-order valence-electron chi connectivity index (χ1n) is 33.1. The molecule has 5 rings (SSSR count). The van der Waals surface area contributed by atoms with Gasteiger partial charge in [0.1, 0.15) is 19.2 Å². The Bertz CT molecular complexity index is 2520. The van der Waals surface area contributed by atoms with Gasteiger partial charge in [0.2, 0.25) is 41.5 Å². The Morgan fingerprint density at radius 3 is 1.71 bits per heavy atom. The lowest BCUT2D eigenvalue weighted by atomic mass is 10.0. The van der Waals surface area contributed by atoms with Gasteiger partial charge >= 0.3 is 0 Å². The summed E-state index contributed by atoms with van der Waals surface area (Å²) >= 11 is 0. The SMILES string of the molecule is C#CCOCCOCCOCCNc1nc(N2CCN(C(=O)CCCCCCCCCCNC(=O)Cn3cc(C[C@@H](C)O)nn3)CC2)nc(N2CCN(C(=O)CCCCCCCCCCNC(=O)[C@H](CCCN=C(N)N)n3cc(C[C@@H](C)CC)nn3)CC2)n1. The second-order valence-corrected chi connectivity index (χ2v) is 23.5. The number of nitrogens with one attached hydrogen (secondary N) is 3. The zero-order chi connectivity index (χ0) is 63.7. The van der Waals surface area contributed by atoms with Crippen LogP contribution in [0.4, 0.5) is 17.8 Å². The van der Waals surface area contributed by atoms with Crippen LogP contribution in [0.5, 0.6) is 0 Å². The van der Waals surface area contributed by atoms with Gasteiger partial charge < -0.3 is 66.3 Å². The van der Waals surface area contributed by atoms with Gasteiger partial charge in [-0.3, -0.25) is 24.2 Å². The normalized spacial score (nSPS) is 14.5. The summed E-state index contributed by atoms with van der Waals surface area (Å²) in [5.74, 6) is 4.71. The van der Waals surface area contributed by atoms with Crippen molar-refractivity contribution in [3.05, 3.63) is 23.8 Å². The van der Waals surface area contributed by atoms with Crippen molar-refractivity contribution < 1.29 is 38.5 Å². The number of hydrogen-bond donors (Lipinski definition) is 6. The molecule has 2 saturated heterocycles. The fourth-order valence-corrected chi connectivity index (χ4v) is 10.6. The van der Waals surface area contributed by atoms with E-state index in [0.29, 0.717) is 173 Å². The molecule has 89 heavy (non-hydrogen) atoms. The smallest absolute Gasteiger partial charge is 0.244 e. The molecule has 0 aliphatic carbocycles. The summed E-state index contributed by atoms with van der Waals surface area (Å²) in [6, 6.07) is -0.473. The topological polar surface area (TPSA) is 330 Å². The van der Waals surface area contributed by atoms with Gasteiger partial charge in [0.15, 0.2) is 5.96 Å². The standard InChI is InChI=1S/C62H107N19O8/c1-5-39-87-41-43-89-44-42-88-40-30-68-60-69-61(78-35-31-76(32-36-78)56(84)25-19-15-11-7-9-13-17-21-27-65-55(83)49-80-47-53(72-74-80)46-51(4)82)71-62(70-60)79-37-33-77(34-38-79)57(85)26-20-16-12-8-10-14-18-22-28-66-58(86)54(24-23-29-67-59(63)64)81-48-52(73-75-81)45-50(3)6-2/h1,47-48,50-51,54,82H,6-46,49H2,2-4H3,(H,65,83)(H,66,86)(H4,63,64,67)(H,68,69,70,71)/t50-,51+,54-/m0/s1. The van der Waals surface area contributed by atoms with E-state index in [-0.39, 0.29) is 42.7 Å². The molecule has 27 nitrogen and oxygen atoms in total. The molecule has 0 aromatic carbocycles. The van der Waals surface area contributed by atoms with E-state index >= 15 is 0 Å². The molecular formula is C62H107N19O8. The highest BCUT2D eigenvalue weighted by Gasteiger charge is 2.28. The number of aromatic nitrogens is 9. The number of aliphatic hydroxyl groups excluding tert-OH is 1. The second-order valence-electron chi connectivity index (χ2n) is 23.5. The lowest BCUT2D eigenvalue weighted by Gasteiger charge is -2.36. The first-order valence-corrected chi connectivity index (χ1v) is 33.1. The van der Waals surface area contributed by atoms with E-state index in [2.05, 4.69) is 71.1 Å². The van der Waals surface area contributed by atoms with E-state index in [0.717, 1.165) is 121 Å². The van der Waals surface area contributed by atoms with Gasteiger partial charge in [-0.25, -0.2) is 9.36 Å². The van der Waals surface area contributed by atoms with Crippen LogP contribution in [0.25, 0.3) is 0 Å². The third kappa shape index (κ3) is 30.5. The number of nitrogens with two attached hydrogens (primary N) is 2. The number of unbranched alkanes of at least 4 members (excludes halogenated alkanes) is 14. The van der Waals surface area contributed by atoms with Gasteiger partial charge in [0.05, 0.1) is 50.5 Å². The molecule has 3 aromatic rings. The number of piperazine rings is 2. The van der Waals surface area contributed by atoms with E-state index in [9.17, 15) is 24.3 Å². The number of carbonyl (C=O) groups excluding carboxylic acids is 4. The molecule has 27 heteroatoms. The van der Waals surface area contributed by atoms with E-state index in [1.54, 1.807) is 17.8 Å². The highest BCUT2D eigenvalue weighted by molar-refractivity contribution is 5.80. The summed E-state index contributed by atoms with van der Waals surface area (Å²) in [6.45, 7) is 15.4. The maximum atomic E-state index is 13.4. The summed E-state index contributed by atoms with van der Waals surface area (Å²) in [5.41, 5.74) is 12.6. The number of carbonyl (C=O) groups is 4. The Labute approximate surface area is 528 Å². The van der Waals surface area contributed by atoms with Crippen LogP contribution in [0.2, 0.25) is 0 Å².